The van der Waals surface area contributed by atoms with E-state index in [-0.39, 0.29) is 10.8 Å². The van der Waals surface area contributed by atoms with Crippen LogP contribution in [-0.4, -0.2) is 95.2 Å². The van der Waals surface area contributed by atoms with Gasteiger partial charge in [0.05, 0.1) is 32.3 Å². The van der Waals surface area contributed by atoms with E-state index in [0.29, 0.717) is 60.6 Å². The van der Waals surface area contributed by atoms with Gasteiger partial charge >= 0.3 is 0 Å². The van der Waals surface area contributed by atoms with Crippen LogP contribution in [0.25, 0.3) is 10.2 Å². The van der Waals surface area contributed by atoms with E-state index in [0.717, 1.165) is 30.8 Å². The second kappa shape index (κ2) is 13.1. The van der Waals surface area contributed by atoms with E-state index in [9.17, 15) is 13.2 Å². The van der Waals surface area contributed by atoms with Crippen LogP contribution in [0.2, 0.25) is 0 Å². The van der Waals surface area contributed by atoms with E-state index in [2.05, 4.69) is 4.90 Å². The molecule has 0 saturated carbocycles. The van der Waals surface area contributed by atoms with Crippen molar-refractivity contribution in [2.75, 3.05) is 71.6 Å². The second-order valence-corrected chi connectivity index (χ2v) is 11.9. The number of ether oxygens (including phenoxy) is 3. The van der Waals surface area contributed by atoms with Gasteiger partial charge in [-0.25, -0.2) is 13.4 Å². The Morgan fingerprint density at radius 3 is 2.28 bits per heavy atom. The van der Waals surface area contributed by atoms with Crippen LogP contribution >= 0.6 is 11.3 Å². The number of methoxy groups -OCH3 is 2. The summed E-state index contributed by atoms with van der Waals surface area (Å²) < 4.78 is 44.5. The van der Waals surface area contributed by atoms with Gasteiger partial charge in [0.1, 0.15) is 21.7 Å². The summed E-state index contributed by atoms with van der Waals surface area (Å²) in [6.07, 6.45) is 0.740. The normalized spacial score (nSPS) is 14.6. The molecule has 0 bridgehead atoms. The molecule has 3 aromatic rings. The maximum absolute atomic E-state index is 13.9. The zero-order chi connectivity index (χ0) is 28.0. The fourth-order valence-corrected chi connectivity index (χ4v) is 7.15. The summed E-state index contributed by atoms with van der Waals surface area (Å²) >= 11 is 1.37. The Labute approximate surface area is 234 Å². The molecule has 0 radical (unpaired) electrons. The van der Waals surface area contributed by atoms with Crippen LogP contribution in [0.1, 0.15) is 30.6 Å². The molecule has 1 aliphatic rings. The van der Waals surface area contributed by atoms with Gasteiger partial charge < -0.3 is 14.2 Å². The molecule has 39 heavy (non-hydrogen) atoms. The molecular weight excluding hydrogens is 540 g/mol. The highest BCUT2D eigenvalue weighted by Gasteiger charge is 2.26. The van der Waals surface area contributed by atoms with Gasteiger partial charge in [-0.2, -0.15) is 4.31 Å². The lowest BCUT2D eigenvalue weighted by molar-refractivity contribution is 0.0376. The molecule has 1 aliphatic heterocycles. The smallest absolute Gasteiger partial charge is 0.260 e. The number of sulfonamides is 1. The SMILES string of the molecule is CCN(CC)S(=O)(=O)c1ccc(C(=O)N(CCCN2CCOCC2)c2nc3c(OC)ccc(OC)c3s2)cc1. The molecule has 1 fully saturated rings. The van der Waals surface area contributed by atoms with Crippen LogP contribution in [0.15, 0.2) is 41.3 Å². The first kappa shape index (κ1) is 29.2. The molecule has 1 saturated heterocycles. The van der Waals surface area contributed by atoms with Crippen molar-refractivity contribution in [3.05, 3.63) is 42.0 Å². The zero-order valence-corrected chi connectivity index (χ0v) is 24.5. The zero-order valence-electron chi connectivity index (χ0n) is 22.9. The summed E-state index contributed by atoms with van der Waals surface area (Å²) in [4.78, 5) is 22.8. The Balaban J connectivity index is 1.65. The second-order valence-electron chi connectivity index (χ2n) is 9.02. The van der Waals surface area contributed by atoms with Gasteiger partial charge in [-0.15, -0.1) is 0 Å². The van der Waals surface area contributed by atoms with Gasteiger partial charge in [0, 0.05) is 44.8 Å². The van der Waals surface area contributed by atoms with Crippen LogP contribution in [0, 0.1) is 0 Å². The number of morpholine rings is 1. The number of anilines is 1. The van der Waals surface area contributed by atoms with E-state index in [1.807, 2.05) is 6.07 Å². The van der Waals surface area contributed by atoms with Crippen LogP contribution < -0.4 is 14.4 Å². The fourth-order valence-electron chi connectivity index (χ4n) is 4.59. The molecule has 2 aromatic carbocycles. The van der Waals surface area contributed by atoms with Crippen molar-refractivity contribution in [2.45, 2.75) is 25.2 Å². The topological polar surface area (TPSA) is 102 Å². The third-order valence-corrected chi connectivity index (χ3v) is 9.94. The predicted molar refractivity (Wildman–Crippen MR) is 153 cm³/mol. The van der Waals surface area contributed by atoms with Gasteiger partial charge in [0.25, 0.3) is 5.91 Å². The number of aromatic nitrogens is 1. The molecule has 12 heteroatoms. The first-order valence-electron chi connectivity index (χ1n) is 13.1. The molecule has 0 N–H and O–H groups in total. The summed E-state index contributed by atoms with van der Waals surface area (Å²) in [6.45, 7) is 8.78. The first-order valence-corrected chi connectivity index (χ1v) is 15.3. The lowest BCUT2D eigenvalue weighted by Crippen LogP contribution is -2.39. The first-order chi connectivity index (χ1) is 18.8. The largest absolute Gasteiger partial charge is 0.495 e. The molecule has 0 unspecified atom stereocenters. The van der Waals surface area contributed by atoms with E-state index < -0.39 is 10.0 Å². The highest BCUT2D eigenvalue weighted by atomic mass is 32.2. The van der Waals surface area contributed by atoms with Gasteiger partial charge in [-0.1, -0.05) is 25.2 Å². The third-order valence-electron chi connectivity index (χ3n) is 6.78. The van der Waals surface area contributed by atoms with Crippen LogP contribution in [0.3, 0.4) is 0 Å². The summed E-state index contributed by atoms with van der Waals surface area (Å²) in [5.41, 5.74) is 1.02. The lowest BCUT2D eigenvalue weighted by atomic mass is 10.2. The minimum absolute atomic E-state index is 0.163. The van der Waals surface area contributed by atoms with Gasteiger partial charge in [-0.3, -0.25) is 14.6 Å². The summed E-state index contributed by atoms with van der Waals surface area (Å²) in [5.74, 6) is 1.00. The molecule has 1 amide bonds. The van der Waals surface area contributed by atoms with Crippen molar-refractivity contribution in [1.82, 2.24) is 14.2 Å². The number of thiazole rings is 1. The quantitative estimate of drug-likeness (QED) is 0.322. The molecule has 0 aliphatic carbocycles. The number of hydrogen-bond donors (Lipinski definition) is 0. The summed E-state index contributed by atoms with van der Waals surface area (Å²) in [7, 11) is -0.441. The van der Waals surface area contributed by atoms with E-state index in [4.69, 9.17) is 19.2 Å². The van der Waals surface area contributed by atoms with Crippen molar-refractivity contribution in [3.63, 3.8) is 0 Å². The number of rotatable bonds is 12. The van der Waals surface area contributed by atoms with Crippen molar-refractivity contribution in [1.29, 1.82) is 0 Å². The molecule has 1 aromatic heterocycles. The molecule has 0 spiro atoms. The van der Waals surface area contributed by atoms with Gasteiger partial charge in [0.15, 0.2) is 5.13 Å². The molecule has 4 rings (SSSR count). The van der Waals surface area contributed by atoms with E-state index >= 15 is 0 Å². The van der Waals surface area contributed by atoms with Crippen LogP contribution in [0.5, 0.6) is 11.5 Å². The monoisotopic (exact) mass is 576 g/mol. The summed E-state index contributed by atoms with van der Waals surface area (Å²) in [5, 5.41) is 0.527. The Bertz CT molecular complexity index is 1330. The third kappa shape index (κ3) is 6.36. The fraction of sp³-hybridized carbons (Fsp3) is 0.481. The van der Waals surface area contributed by atoms with Crippen molar-refractivity contribution >= 4 is 42.6 Å². The maximum atomic E-state index is 13.9. The predicted octanol–water partition coefficient (Wildman–Crippen LogP) is 3.71. The van der Waals surface area contributed by atoms with E-state index in [1.54, 1.807) is 51.2 Å². The molecule has 10 nitrogen and oxygen atoms in total. The minimum atomic E-state index is -3.62. The Morgan fingerprint density at radius 2 is 1.67 bits per heavy atom. The average Bonchev–Trinajstić information content (AvgIpc) is 3.41. The van der Waals surface area contributed by atoms with Gasteiger partial charge in [-0.05, 0) is 42.8 Å². The Kier molecular flexibility index (Phi) is 9.78. The maximum Gasteiger partial charge on any atom is 0.260 e. The van der Waals surface area contributed by atoms with Crippen LogP contribution in [-0.2, 0) is 14.8 Å². The Hall–Kier alpha value is -2.77. The number of benzene rings is 2. The van der Waals surface area contributed by atoms with Gasteiger partial charge in [0.2, 0.25) is 10.0 Å². The number of carbonyl (C=O) groups is 1. The number of fused-ring (bicyclic) bond motifs is 1. The minimum Gasteiger partial charge on any atom is -0.495 e. The lowest BCUT2D eigenvalue weighted by Gasteiger charge is -2.27. The molecule has 212 valence electrons. The number of carbonyl (C=O) groups excluding carboxylic acids is 1. The molecular formula is C27H36N4O6S2. The number of amides is 1. The van der Waals surface area contributed by atoms with Crippen LogP contribution in [0.4, 0.5) is 5.13 Å². The Morgan fingerprint density at radius 1 is 1.03 bits per heavy atom. The molecule has 2 heterocycles. The van der Waals surface area contributed by atoms with Crippen molar-refractivity contribution in [3.8, 4) is 11.5 Å². The standard InChI is InChI=1S/C27H36N4O6S2/c1-5-30(6-2)39(33,34)21-10-8-20(9-11-21)26(32)31(15-7-14-29-16-18-37-19-17-29)27-28-24-22(35-3)12-13-23(36-4)25(24)38-27/h8-13H,5-7,14-19H2,1-4H3. The van der Waals surface area contributed by atoms with E-state index in [1.165, 1.54) is 27.8 Å². The molecule has 0 atom stereocenters. The van der Waals surface area contributed by atoms with Crippen molar-refractivity contribution < 1.29 is 27.4 Å². The number of hydrogen-bond acceptors (Lipinski definition) is 9. The highest BCUT2D eigenvalue weighted by Crippen LogP contribution is 2.40. The highest BCUT2D eigenvalue weighted by molar-refractivity contribution is 7.89. The van der Waals surface area contributed by atoms with Crippen molar-refractivity contribution in [2.24, 2.45) is 0 Å². The number of nitrogens with zero attached hydrogens (tertiary/aromatic N) is 4. The average molecular weight is 577 g/mol. The summed E-state index contributed by atoms with van der Waals surface area (Å²) in [6, 6.07) is 9.76.